The molecule has 94 valence electrons. The Kier molecular flexibility index (Phi) is 3.87. The Morgan fingerprint density at radius 1 is 1.41 bits per heavy atom. The molecule has 1 rings (SSSR count). The number of aliphatic carboxylic acids is 1. The lowest BCUT2D eigenvalue weighted by Gasteiger charge is -2.24. The molecule has 0 aliphatic heterocycles. The number of benzene rings is 1. The van der Waals surface area contributed by atoms with Gasteiger partial charge in [-0.15, -0.1) is 0 Å². The first-order chi connectivity index (χ1) is 7.82. The van der Waals surface area contributed by atoms with E-state index >= 15 is 0 Å². The van der Waals surface area contributed by atoms with E-state index < -0.39 is 21.7 Å². The van der Waals surface area contributed by atoms with Gasteiger partial charge in [-0.25, -0.2) is 13.2 Å². The fraction of sp³-hybridized carbons (Fsp3) is 0.300. The molecule has 0 amide bonds. The molecular weight excluding hydrogens is 244 g/mol. The highest BCUT2D eigenvalue weighted by atomic mass is 32.2. The zero-order chi connectivity index (χ0) is 13.1. The molecule has 1 aromatic carbocycles. The summed E-state index contributed by atoms with van der Waals surface area (Å²) in [6.45, 7) is 1.49. The van der Waals surface area contributed by atoms with Crippen LogP contribution in [0.1, 0.15) is 13.3 Å². The van der Waals surface area contributed by atoms with Crippen molar-refractivity contribution in [1.82, 2.24) is 4.72 Å². The fourth-order valence-corrected chi connectivity index (χ4v) is 2.51. The standard InChI is InChI=1S/C10H14N2O4S/c1-2-10(11,9(13)14)12-17(15,16)8-6-4-3-5-7-8/h3-7,12H,2,11H2,1H3,(H,13,14). The van der Waals surface area contributed by atoms with Crippen molar-refractivity contribution in [2.75, 3.05) is 0 Å². The molecule has 1 unspecified atom stereocenters. The minimum Gasteiger partial charge on any atom is -0.479 e. The summed E-state index contributed by atoms with van der Waals surface area (Å²) in [4.78, 5) is 10.9. The van der Waals surface area contributed by atoms with Crippen molar-refractivity contribution in [2.24, 2.45) is 5.73 Å². The van der Waals surface area contributed by atoms with Crippen molar-refractivity contribution in [1.29, 1.82) is 0 Å². The lowest BCUT2D eigenvalue weighted by Crippen LogP contribution is -2.60. The third-order valence-electron chi connectivity index (χ3n) is 2.31. The lowest BCUT2D eigenvalue weighted by molar-refractivity contribution is -0.144. The highest BCUT2D eigenvalue weighted by molar-refractivity contribution is 7.89. The number of carboxylic acid groups (broad SMARTS) is 1. The van der Waals surface area contributed by atoms with Crippen LogP contribution in [0.15, 0.2) is 35.2 Å². The second kappa shape index (κ2) is 4.82. The zero-order valence-corrected chi connectivity index (χ0v) is 10.1. The molecule has 0 aliphatic rings. The van der Waals surface area contributed by atoms with Gasteiger partial charge >= 0.3 is 5.97 Å². The van der Waals surface area contributed by atoms with E-state index in [1.54, 1.807) is 18.2 Å². The number of nitrogens with two attached hydrogens (primary N) is 1. The Morgan fingerprint density at radius 3 is 2.35 bits per heavy atom. The number of carboxylic acids is 1. The molecule has 0 aliphatic carbocycles. The first-order valence-corrected chi connectivity index (χ1v) is 6.41. The Hall–Kier alpha value is -1.44. The maximum atomic E-state index is 11.9. The summed E-state index contributed by atoms with van der Waals surface area (Å²) in [6, 6.07) is 7.46. The summed E-state index contributed by atoms with van der Waals surface area (Å²) in [6.07, 6.45) is -0.0611. The van der Waals surface area contributed by atoms with Gasteiger partial charge in [-0.3, -0.25) is 0 Å². The first kappa shape index (κ1) is 13.6. The average Bonchev–Trinajstić information content (AvgIpc) is 2.29. The van der Waals surface area contributed by atoms with Gasteiger partial charge in [0.25, 0.3) is 0 Å². The minimum absolute atomic E-state index is 0.0236. The summed E-state index contributed by atoms with van der Waals surface area (Å²) in [5, 5.41) is 8.89. The van der Waals surface area contributed by atoms with Crippen molar-refractivity contribution in [3.63, 3.8) is 0 Å². The van der Waals surface area contributed by atoms with Crippen molar-refractivity contribution in [2.45, 2.75) is 23.9 Å². The quantitative estimate of drug-likeness (QED) is 0.649. The molecule has 0 bridgehead atoms. The molecule has 0 saturated carbocycles. The molecule has 0 heterocycles. The molecule has 0 radical (unpaired) electrons. The van der Waals surface area contributed by atoms with Crippen LogP contribution in [0.25, 0.3) is 0 Å². The van der Waals surface area contributed by atoms with Crippen LogP contribution in [0.4, 0.5) is 0 Å². The Balaban J connectivity index is 3.07. The van der Waals surface area contributed by atoms with E-state index in [1.807, 2.05) is 4.72 Å². The molecular formula is C10H14N2O4S. The molecule has 7 heteroatoms. The van der Waals surface area contributed by atoms with Gasteiger partial charge in [0.15, 0.2) is 5.66 Å². The van der Waals surface area contributed by atoms with Gasteiger partial charge in [0.1, 0.15) is 0 Å². The van der Waals surface area contributed by atoms with E-state index in [2.05, 4.69) is 0 Å². The van der Waals surface area contributed by atoms with Crippen LogP contribution in [0.3, 0.4) is 0 Å². The second-order valence-electron chi connectivity index (χ2n) is 3.55. The molecule has 4 N–H and O–H groups in total. The first-order valence-electron chi connectivity index (χ1n) is 4.93. The van der Waals surface area contributed by atoms with E-state index in [1.165, 1.54) is 19.1 Å². The smallest absolute Gasteiger partial charge is 0.339 e. The van der Waals surface area contributed by atoms with Crippen LogP contribution in [-0.4, -0.2) is 25.2 Å². The molecule has 0 saturated heterocycles. The molecule has 0 fully saturated rings. The van der Waals surface area contributed by atoms with Gasteiger partial charge in [0.05, 0.1) is 4.90 Å². The number of rotatable bonds is 5. The SMILES string of the molecule is CCC(N)(NS(=O)(=O)c1ccccc1)C(=O)O. The molecule has 1 atom stereocenters. The van der Waals surface area contributed by atoms with Gasteiger partial charge in [-0.2, -0.15) is 4.72 Å². The summed E-state index contributed by atoms with van der Waals surface area (Å²) < 4.78 is 25.7. The maximum Gasteiger partial charge on any atom is 0.339 e. The Bertz CT molecular complexity index is 500. The van der Waals surface area contributed by atoms with E-state index in [0.29, 0.717) is 0 Å². The molecule has 17 heavy (non-hydrogen) atoms. The highest BCUT2D eigenvalue weighted by Gasteiger charge is 2.36. The van der Waals surface area contributed by atoms with E-state index in [4.69, 9.17) is 10.8 Å². The van der Waals surface area contributed by atoms with Gasteiger partial charge in [0, 0.05) is 0 Å². The monoisotopic (exact) mass is 258 g/mol. The number of nitrogens with one attached hydrogen (secondary N) is 1. The number of hydrogen-bond acceptors (Lipinski definition) is 4. The summed E-state index contributed by atoms with van der Waals surface area (Å²) in [5.41, 5.74) is 3.48. The maximum absolute atomic E-state index is 11.9. The fourth-order valence-electron chi connectivity index (χ4n) is 1.17. The average molecular weight is 258 g/mol. The highest BCUT2D eigenvalue weighted by Crippen LogP contribution is 2.12. The van der Waals surface area contributed by atoms with Gasteiger partial charge in [0.2, 0.25) is 10.0 Å². The third-order valence-corrected chi connectivity index (χ3v) is 3.84. The van der Waals surface area contributed by atoms with Crippen LogP contribution in [0.2, 0.25) is 0 Å². The van der Waals surface area contributed by atoms with Crippen LogP contribution in [-0.2, 0) is 14.8 Å². The summed E-state index contributed by atoms with van der Waals surface area (Å²) in [5.74, 6) is -1.42. The summed E-state index contributed by atoms with van der Waals surface area (Å²) >= 11 is 0. The topological polar surface area (TPSA) is 109 Å². The van der Waals surface area contributed by atoms with Crippen LogP contribution in [0.5, 0.6) is 0 Å². The number of hydrogen-bond donors (Lipinski definition) is 3. The molecule has 6 nitrogen and oxygen atoms in total. The lowest BCUT2D eigenvalue weighted by atomic mass is 10.1. The Labute approximate surface area is 99.5 Å². The predicted molar refractivity (Wildman–Crippen MR) is 61.6 cm³/mol. The second-order valence-corrected chi connectivity index (χ2v) is 5.23. The predicted octanol–water partition coefficient (Wildman–Crippen LogP) is 0.114. The largest absolute Gasteiger partial charge is 0.479 e. The van der Waals surface area contributed by atoms with E-state index in [9.17, 15) is 13.2 Å². The normalized spacial score (nSPS) is 15.2. The van der Waals surface area contributed by atoms with Crippen molar-refractivity contribution < 1.29 is 18.3 Å². The zero-order valence-electron chi connectivity index (χ0n) is 9.25. The van der Waals surface area contributed by atoms with Crippen molar-refractivity contribution >= 4 is 16.0 Å². The number of carbonyl (C=O) groups is 1. The van der Waals surface area contributed by atoms with E-state index in [0.717, 1.165) is 0 Å². The van der Waals surface area contributed by atoms with Gasteiger partial charge in [-0.1, -0.05) is 25.1 Å². The molecule has 0 spiro atoms. The minimum atomic E-state index is -3.93. The van der Waals surface area contributed by atoms with Crippen molar-refractivity contribution in [3.8, 4) is 0 Å². The Morgan fingerprint density at radius 2 is 1.94 bits per heavy atom. The van der Waals surface area contributed by atoms with Gasteiger partial charge in [-0.05, 0) is 18.6 Å². The van der Waals surface area contributed by atoms with Crippen LogP contribution < -0.4 is 10.5 Å². The third kappa shape index (κ3) is 3.02. The van der Waals surface area contributed by atoms with Gasteiger partial charge < -0.3 is 10.8 Å². The summed E-state index contributed by atoms with van der Waals surface area (Å²) in [7, 11) is -3.93. The van der Waals surface area contributed by atoms with Crippen molar-refractivity contribution in [3.05, 3.63) is 30.3 Å². The van der Waals surface area contributed by atoms with Crippen LogP contribution in [0, 0.1) is 0 Å². The van der Waals surface area contributed by atoms with Crippen LogP contribution >= 0.6 is 0 Å². The van der Waals surface area contributed by atoms with E-state index in [-0.39, 0.29) is 11.3 Å². The molecule has 1 aromatic rings. The number of sulfonamides is 1. The molecule has 0 aromatic heterocycles.